The molecule has 1 heterocycles. The van der Waals surface area contributed by atoms with E-state index in [-0.39, 0.29) is 11.9 Å². The van der Waals surface area contributed by atoms with Crippen molar-refractivity contribution >= 4 is 5.91 Å². The van der Waals surface area contributed by atoms with E-state index in [1.54, 1.807) is 7.11 Å². The molecule has 0 saturated carbocycles. The molecule has 0 radical (unpaired) electrons. The van der Waals surface area contributed by atoms with Crippen molar-refractivity contribution in [2.24, 2.45) is 5.92 Å². The molecule has 0 aliphatic carbocycles. The fourth-order valence-corrected chi connectivity index (χ4v) is 3.60. The fraction of sp³-hybridized carbons (Fsp3) is 0.435. The number of carbonyl (C=O) groups excluding carboxylic acids is 1. The van der Waals surface area contributed by atoms with Crippen LogP contribution in [0.25, 0.3) is 0 Å². The molecule has 5 nitrogen and oxygen atoms in total. The Morgan fingerprint density at radius 2 is 1.96 bits per heavy atom. The van der Waals surface area contributed by atoms with E-state index in [0.29, 0.717) is 19.1 Å². The second-order valence-electron chi connectivity index (χ2n) is 7.37. The lowest BCUT2D eigenvalue weighted by Crippen LogP contribution is -2.49. The summed E-state index contributed by atoms with van der Waals surface area (Å²) in [6, 6.07) is 17.5. The van der Waals surface area contributed by atoms with Crippen molar-refractivity contribution in [2.75, 3.05) is 26.8 Å². The summed E-state index contributed by atoms with van der Waals surface area (Å²) in [6.45, 7) is 5.03. The minimum Gasteiger partial charge on any atom is -0.497 e. The summed E-state index contributed by atoms with van der Waals surface area (Å²) in [6.07, 6.45) is 2.23. The molecule has 2 unspecified atom stereocenters. The van der Waals surface area contributed by atoms with E-state index in [4.69, 9.17) is 9.47 Å². The second kappa shape index (κ2) is 10.1. The Labute approximate surface area is 167 Å². The Hall–Kier alpha value is -2.53. The highest BCUT2D eigenvalue weighted by molar-refractivity contribution is 5.81. The summed E-state index contributed by atoms with van der Waals surface area (Å²) >= 11 is 0. The summed E-state index contributed by atoms with van der Waals surface area (Å²) in [7, 11) is 1.65. The predicted molar refractivity (Wildman–Crippen MR) is 111 cm³/mol. The SMILES string of the molecule is COc1cccc(CNC(=O)C(C)N2CCCC(COc3ccccc3)C2)c1. The lowest BCUT2D eigenvalue weighted by molar-refractivity contribution is -0.126. The third-order valence-electron chi connectivity index (χ3n) is 5.31. The normalized spacial score (nSPS) is 18.3. The summed E-state index contributed by atoms with van der Waals surface area (Å²) in [5, 5.41) is 3.05. The van der Waals surface area contributed by atoms with Crippen molar-refractivity contribution in [3.8, 4) is 11.5 Å². The third-order valence-corrected chi connectivity index (χ3v) is 5.31. The molecule has 1 N–H and O–H groups in total. The number of benzene rings is 2. The van der Waals surface area contributed by atoms with Crippen LogP contribution in [0.5, 0.6) is 11.5 Å². The maximum atomic E-state index is 12.6. The molecule has 0 bridgehead atoms. The number of rotatable bonds is 8. The zero-order chi connectivity index (χ0) is 19.8. The zero-order valence-electron chi connectivity index (χ0n) is 16.8. The molecule has 0 spiro atoms. The molecule has 1 aliphatic rings. The Morgan fingerprint density at radius 1 is 1.18 bits per heavy atom. The van der Waals surface area contributed by atoms with Gasteiger partial charge in [0.05, 0.1) is 19.8 Å². The molecule has 28 heavy (non-hydrogen) atoms. The maximum Gasteiger partial charge on any atom is 0.237 e. The Kier molecular flexibility index (Phi) is 7.31. The molecule has 2 aromatic rings. The molecule has 1 saturated heterocycles. The number of carbonyl (C=O) groups is 1. The van der Waals surface area contributed by atoms with Crippen molar-refractivity contribution in [2.45, 2.75) is 32.4 Å². The average Bonchev–Trinajstić information content (AvgIpc) is 2.76. The van der Waals surface area contributed by atoms with Crippen LogP contribution in [0.1, 0.15) is 25.3 Å². The molecular formula is C23H30N2O3. The Bertz CT molecular complexity index is 751. The van der Waals surface area contributed by atoms with Crippen molar-refractivity contribution in [1.82, 2.24) is 10.2 Å². The van der Waals surface area contributed by atoms with Crippen molar-refractivity contribution in [1.29, 1.82) is 0 Å². The monoisotopic (exact) mass is 382 g/mol. The number of para-hydroxylation sites is 1. The molecule has 150 valence electrons. The molecule has 3 rings (SSSR count). The van der Waals surface area contributed by atoms with E-state index in [0.717, 1.165) is 43.0 Å². The molecule has 0 aromatic heterocycles. The Balaban J connectivity index is 1.47. The smallest absolute Gasteiger partial charge is 0.237 e. The van der Waals surface area contributed by atoms with E-state index in [2.05, 4.69) is 10.2 Å². The zero-order valence-corrected chi connectivity index (χ0v) is 16.8. The molecule has 2 atom stereocenters. The summed E-state index contributed by atoms with van der Waals surface area (Å²) < 4.78 is 11.2. The highest BCUT2D eigenvalue weighted by Crippen LogP contribution is 2.20. The Morgan fingerprint density at radius 3 is 2.75 bits per heavy atom. The van der Waals surface area contributed by atoms with E-state index >= 15 is 0 Å². The van der Waals surface area contributed by atoms with Crippen LogP contribution >= 0.6 is 0 Å². The van der Waals surface area contributed by atoms with Gasteiger partial charge in [-0.1, -0.05) is 30.3 Å². The number of nitrogens with zero attached hydrogens (tertiary/aromatic N) is 1. The number of hydrogen-bond acceptors (Lipinski definition) is 4. The van der Waals surface area contributed by atoms with Crippen molar-refractivity contribution in [3.05, 3.63) is 60.2 Å². The van der Waals surface area contributed by atoms with Crippen LogP contribution in [0.15, 0.2) is 54.6 Å². The van der Waals surface area contributed by atoms with Crippen LogP contribution in [0.3, 0.4) is 0 Å². The molecular weight excluding hydrogens is 352 g/mol. The van der Waals surface area contributed by atoms with Gasteiger partial charge >= 0.3 is 0 Å². The quantitative estimate of drug-likeness (QED) is 0.759. The van der Waals surface area contributed by atoms with Gasteiger partial charge in [0.1, 0.15) is 11.5 Å². The lowest BCUT2D eigenvalue weighted by Gasteiger charge is -2.36. The third kappa shape index (κ3) is 5.73. The highest BCUT2D eigenvalue weighted by Gasteiger charge is 2.27. The van der Waals surface area contributed by atoms with Crippen LogP contribution in [-0.2, 0) is 11.3 Å². The number of methoxy groups -OCH3 is 1. The number of nitrogens with one attached hydrogen (secondary N) is 1. The molecule has 1 amide bonds. The minimum absolute atomic E-state index is 0.0625. The van der Waals surface area contributed by atoms with Gasteiger partial charge in [0.15, 0.2) is 0 Å². The van der Waals surface area contributed by atoms with E-state index < -0.39 is 0 Å². The van der Waals surface area contributed by atoms with Gasteiger partial charge in [0, 0.05) is 19.0 Å². The highest BCUT2D eigenvalue weighted by atomic mass is 16.5. The first kappa shape index (κ1) is 20.2. The van der Waals surface area contributed by atoms with Gasteiger partial charge in [0.25, 0.3) is 0 Å². The van der Waals surface area contributed by atoms with Crippen LogP contribution in [0.4, 0.5) is 0 Å². The first-order valence-corrected chi connectivity index (χ1v) is 9.98. The summed E-state index contributed by atoms with van der Waals surface area (Å²) in [4.78, 5) is 14.9. The number of likely N-dealkylation sites (tertiary alicyclic amines) is 1. The lowest BCUT2D eigenvalue weighted by atomic mass is 9.97. The van der Waals surface area contributed by atoms with Crippen molar-refractivity contribution in [3.63, 3.8) is 0 Å². The number of piperidine rings is 1. The van der Waals surface area contributed by atoms with E-state index in [9.17, 15) is 4.79 Å². The first-order valence-electron chi connectivity index (χ1n) is 9.98. The average molecular weight is 383 g/mol. The molecule has 2 aromatic carbocycles. The van der Waals surface area contributed by atoms with Crippen LogP contribution in [0, 0.1) is 5.92 Å². The topological polar surface area (TPSA) is 50.8 Å². The van der Waals surface area contributed by atoms with Crippen molar-refractivity contribution < 1.29 is 14.3 Å². The largest absolute Gasteiger partial charge is 0.497 e. The van der Waals surface area contributed by atoms with Gasteiger partial charge in [-0.15, -0.1) is 0 Å². The molecule has 1 aliphatic heterocycles. The second-order valence-corrected chi connectivity index (χ2v) is 7.37. The fourth-order valence-electron chi connectivity index (χ4n) is 3.60. The van der Waals surface area contributed by atoms with Gasteiger partial charge < -0.3 is 14.8 Å². The minimum atomic E-state index is -0.148. The number of amides is 1. The van der Waals surface area contributed by atoms with Gasteiger partial charge in [-0.25, -0.2) is 0 Å². The van der Waals surface area contributed by atoms with E-state index in [1.807, 2.05) is 61.5 Å². The first-order chi connectivity index (χ1) is 13.7. The van der Waals surface area contributed by atoms with Gasteiger partial charge in [0.2, 0.25) is 5.91 Å². The van der Waals surface area contributed by atoms with E-state index in [1.165, 1.54) is 0 Å². The van der Waals surface area contributed by atoms with Gasteiger partial charge in [-0.3, -0.25) is 9.69 Å². The summed E-state index contributed by atoms with van der Waals surface area (Å²) in [5.41, 5.74) is 1.03. The molecule has 1 fully saturated rings. The standard InChI is InChI=1S/C23H30N2O3/c1-18(23(26)24-15-19-8-6-12-22(14-19)27-2)25-13-7-9-20(16-25)17-28-21-10-4-3-5-11-21/h3-6,8,10-12,14,18,20H,7,9,13,15-17H2,1-2H3,(H,24,26). The van der Waals surface area contributed by atoms with Gasteiger partial charge in [-0.05, 0) is 56.1 Å². The van der Waals surface area contributed by atoms with Crippen LogP contribution < -0.4 is 14.8 Å². The maximum absolute atomic E-state index is 12.6. The number of hydrogen-bond donors (Lipinski definition) is 1. The molecule has 5 heteroatoms. The van der Waals surface area contributed by atoms with Crippen LogP contribution in [0.2, 0.25) is 0 Å². The van der Waals surface area contributed by atoms with Gasteiger partial charge in [-0.2, -0.15) is 0 Å². The summed E-state index contributed by atoms with van der Waals surface area (Å²) in [5.74, 6) is 2.22. The predicted octanol–water partition coefficient (Wildman–Crippen LogP) is 3.49. The number of ether oxygens (including phenoxy) is 2. The van der Waals surface area contributed by atoms with Crippen LogP contribution in [-0.4, -0.2) is 43.7 Å².